The summed E-state index contributed by atoms with van der Waals surface area (Å²) in [5.41, 5.74) is 0.604. The van der Waals surface area contributed by atoms with Crippen LogP contribution in [0.2, 0.25) is 0 Å². The van der Waals surface area contributed by atoms with E-state index in [2.05, 4.69) is 51.6 Å². The summed E-state index contributed by atoms with van der Waals surface area (Å²) in [5.74, 6) is -0.0636. The number of likely N-dealkylation sites (N-methyl/N-ethyl adjacent to an activating group) is 1. The van der Waals surface area contributed by atoms with Crippen LogP contribution in [0.1, 0.15) is 28.2 Å². The second kappa shape index (κ2) is 7.88. The molecule has 5 nitrogen and oxygen atoms in total. The third-order valence-corrected chi connectivity index (χ3v) is 5.47. The molecule has 2 aromatic heterocycles. The van der Waals surface area contributed by atoms with Gasteiger partial charge >= 0.3 is 0 Å². The molecule has 2 atom stereocenters. The average Bonchev–Trinajstić information content (AvgIpc) is 3.11. The highest BCUT2D eigenvalue weighted by molar-refractivity contribution is 7.10. The van der Waals surface area contributed by atoms with E-state index in [4.69, 9.17) is 0 Å². The van der Waals surface area contributed by atoms with Crippen LogP contribution in [0.15, 0.2) is 42.0 Å². The van der Waals surface area contributed by atoms with Crippen molar-refractivity contribution < 1.29 is 4.79 Å². The molecule has 1 aliphatic heterocycles. The van der Waals surface area contributed by atoms with Gasteiger partial charge in [-0.05, 0) is 37.6 Å². The Bertz CT molecular complexity index is 638. The van der Waals surface area contributed by atoms with Crippen LogP contribution in [0.4, 0.5) is 0 Å². The van der Waals surface area contributed by atoms with E-state index < -0.39 is 0 Å². The molecule has 1 amide bonds. The first-order valence-corrected chi connectivity index (χ1v) is 9.20. The molecule has 24 heavy (non-hydrogen) atoms. The lowest BCUT2D eigenvalue weighted by atomic mass is 10.0. The van der Waals surface area contributed by atoms with Gasteiger partial charge in [-0.1, -0.05) is 6.07 Å². The molecule has 0 unspecified atom stereocenters. The lowest BCUT2D eigenvalue weighted by Gasteiger charge is -2.40. The number of pyridine rings is 1. The fourth-order valence-electron chi connectivity index (χ4n) is 3.17. The summed E-state index contributed by atoms with van der Waals surface area (Å²) >= 11 is 1.76. The summed E-state index contributed by atoms with van der Waals surface area (Å²) in [4.78, 5) is 22.7. The minimum atomic E-state index is -0.0636. The lowest BCUT2D eigenvalue weighted by molar-refractivity contribution is 0.0799. The maximum Gasteiger partial charge on any atom is 0.253 e. The minimum absolute atomic E-state index is 0.0276. The molecule has 1 saturated heterocycles. The number of hydrogen-bond acceptors (Lipinski definition) is 5. The molecule has 1 aliphatic rings. The van der Waals surface area contributed by atoms with Gasteiger partial charge in [0, 0.05) is 49.5 Å². The summed E-state index contributed by atoms with van der Waals surface area (Å²) in [6.07, 6.45) is 3.29. The highest BCUT2D eigenvalue weighted by Crippen LogP contribution is 2.29. The van der Waals surface area contributed by atoms with Crippen molar-refractivity contribution in [2.24, 2.45) is 0 Å². The molecule has 0 saturated carbocycles. The van der Waals surface area contributed by atoms with Gasteiger partial charge in [0.15, 0.2) is 0 Å². The topological polar surface area (TPSA) is 48.5 Å². The Kier molecular flexibility index (Phi) is 5.60. The minimum Gasteiger partial charge on any atom is -0.348 e. The highest BCUT2D eigenvalue weighted by Gasteiger charge is 2.30. The Morgan fingerprint density at radius 1 is 1.25 bits per heavy atom. The molecule has 3 rings (SSSR count). The Labute approximate surface area is 147 Å². The molecule has 1 N–H and O–H groups in total. The molecular formula is C18H24N4OS. The zero-order chi connectivity index (χ0) is 16.9. The largest absolute Gasteiger partial charge is 0.348 e. The van der Waals surface area contributed by atoms with Crippen molar-refractivity contribution in [3.8, 4) is 0 Å². The van der Waals surface area contributed by atoms with Crippen LogP contribution < -0.4 is 5.32 Å². The van der Waals surface area contributed by atoms with E-state index in [9.17, 15) is 4.79 Å². The number of aromatic nitrogens is 1. The molecular weight excluding hydrogens is 320 g/mol. The number of amides is 1. The van der Waals surface area contributed by atoms with Gasteiger partial charge in [0.1, 0.15) is 0 Å². The summed E-state index contributed by atoms with van der Waals surface area (Å²) in [5, 5.41) is 5.27. The normalized spacial score (nSPS) is 18.9. The van der Waals surface area contributed by atoms with Gasteiger partial charge in [0.25, 0.3) is 5.91 Å². The number of nitrogens with one attached hydrogen (secondary N) is 1. The summed E-state index contributed by atoms with van der Waals surface area (Å²) in [7, 11) is 2.16. The number of piperazine rings is 1. The van der Waals surface area contributed by atoms with Crippen molar-refractivity contribution in [2.45, 2.75) is 19.0 Å². The van der Waals surface area contributed by atoms with Gasteiger partial charge in [-0.2, -0.15) is 0 Å². The third kappa shape index (κ3) is 4.01. The van der Waals surface area contributed by atoms with Crippen molar-refractivity contribution in [3.05, 3.63) is 52.5 Å². The van der Waals surface area contributed by atoms with Crippen LogP contribution in [0, 0.1) is 0 Å². The molecule has 0 radical (unpaired) electrons. The molecule has 6 heteroatoms. The Morgan fingerprint density at radius 2 is 2.04 bits per heavy atom. The Hall–Kier alpha value is -1.76. The van der Waals surface area contributed by atoms with Gasteiger partial charge in [-0.3, -0.25) is 14.7 Å². The first kappa shape index (κ1) is 17.1. The highest BCUT2D eigenvalue weighted by atomic mass is 32.1. The number of carbonyl (C=O) groups excluding carboxylic acids is 1. The molecule has 0 spiro atoms. The van der Waals surface area contributed by atoms with Gasteiger partial charge in [0.2, 0.25) is 0 Å². The molecule has 128 valence electrons. The Morgan fingerprint density at radius 3 is 2.67 bits per heavy atom. The van der Waals surface area contributed by atoms with Crippen LogP contribution in [0.5, 0.6) is 0 Å². The summed E-state index contributed by atoms with van der Waals surface area (Å²) in [6.45, 7) is 6.26. The van der Waals surface area contributed by atoms with Crippen molar-refractivity contribution in [1.29, 1.82) is 0 Å². The van der Waals surface area contributed by atoms with Crippen LogP contribution in [0.25, 0.3) is 0 Å². The number of thiophene rings is 1. The quantitative estimate of drug-likeness (QED) is 0.904. The van der Waals surface area contributed by atoms with Crippen molar-refractivity contribution in [2.75, 3.05) is 33.2 Å². The third-order valence-electron chi connectivity index (χ3n) is 4.52. The van der Waals surface area contributed by atoms with Crippen LogP contribution >= 0.6 is 11.3 Å². The lowest BCUT2D eigenvalue weighted by Crippen LogP contribution is -2.51. The van der Waals surface area contributed by atoms with E-state index in [0.717, 1.165) is 26.2 Å². The second-order valence-electron chi connectivity index (χ2n) is 6.30. The first-order valence-electron chi connectivity index (χ1n) is 8.32. The van der Waals surface area contributed by atoms with Crippen molar-refractivity contribution in [3.63, 3.8) is 0 Å². The smallest absolute Gasteiger partial charge is 0.253 e. The fraction of sp³-hybridized carbons (Fsp3) is 0.444. The van der Waals surface area contributed by atoms with E-state index in [-0.39, 0.29) is 18.0 Å². The number of hydrogen-bond donors (Lipinski definition) is 1. The molecule has 0 aromatic carbocycles. The fourth-order valence-corrected chi connectivity index (χ4v) is 4.13. The average molecular weight is 344 g/mol. The maximum absolute atomic E-state index is 12.5. The number of carbonyl (C=O) groups is 1. The molecule has 0 bridgehead atoms. The number of rotatable bonds is 5. The SMILES string of the molecule is C[C@@H](NC(=O)c1cccnc1)[C@@H](c1cccs1)N1CCN(C)CC1. The monoisotopic (exact) mass is 344 g/mol. The Balaban J connectivity index is 1.74. The predicted octanol–water partition coefficient (Wildman–Crippen LogP) is 2.25. The molecule has 1 fully saturated rings. The predicted molar refractivity (Wildman–Crippen MR) is 97.3 cm³/mol. The maximum atomic E-state index is 12.5. The molecule has 2 aromatic rings. The summed E-state index contributed by atoms with van der Waals surface area (Å²) < 4.78 is 0. The van der Waals surface area contributed by atoms with Gasteiger partial charge in [0.05, 0.1) is 11.6 Å². The zero-order valence-electron chi connectivity index (χ0n) is 14.2. The van der Waals surface area contributed by atoms with Crippen LogP contribution in [-0.2, 0) is 0 Å². The number of nitrogens with zero attached hydrogens (tertiary/aromatic N) is 3. The van der Waals surface area contributed by atoms with E-state index in [1.807, 2.05) is 0 Å². The molecule has 3 heterocycles. The van der Waals surface area contributed by atoms with Gasteiger partial charge < -0.3 is 10.2 Å². The van der Waals surface area contributed by atoms with Crippen LogP contribution in [-0.4, -0.2) is 60.0 Å². The second-order valence-corrected chi connectivity index (χ2v) is 7.28. The van der Waals surface area contributed by atoms with Crippen molar-refractivity contribution in [1.82, 2.24) is 20.1 Å². The van der Waals surface area contributed by atoms with E-state index in [0.29, 0.717) is 5.56 Å². The van der Waals surface area contributed by atoms with E-state index >= 15 is 0 Å². The van der Waals surface area contributed by atoms with Crippen LogP contribution in [0.3, 0.4) is 0 Å². The van der Waals surface area contributed by atoms with Gasteiger partial charge in [-0.15, -0.1) is 11.3 Å². The van der Waals surface area contributed by atoms with Crippen molar-refractivity contribution >= 4 is 17.2 Å². The van der Waals surface area contributed by atoms with Gasteiger partial charge in [-0.25, -0.2) is 0 Å². The first-order chi connectivity index (χ1) is 11.6. The summed E-state index contributed by atoms with van der Waals surface area (Å²) in [6, 6.07) is 8.07. The zero-order valence-corrected chi connectivity index (χ0v) is 15.0. The van der Waals surface area contributed by atoms with E-state index in [1.165, 1.54) is 4.88 Å². The standard InChI is InChI=1S/C18H24N4OS/c1-14(20-18(23)15-5-3-7-19-13-15)17(16-6-4-12-24-16)22-10-8-21(2)9-11-22/h3-7,12-14,17H,8-11H2,1-2H3,(H,20,23)/t14-,17+/m1/s1. The molecule has 0 aliphatic carbocycles. The van der Waals surface area contributed by atoms with E-state index in [1.54, 1.807) is 35.9 Å².